The van der Waals surface area contributed by atoms with E-state index in [1.54, 1.807) is 19.1 Å². The molecule has 0 spiro atoms. The Hall–Kier alpha value is -0.260. The Morgan fingerprint density at radius 2 is 2.00 bits per heavy atom. The molecule has 0 heterocycles. The smallest absolute Gasteiger partial charge is 0.129 e. The average Bonchev–Trinajstić information content (AvgIpc) is 2.15. The lowest BCUT2D eigenvalue weighted by Gasteiger charge is -2.22. The minimum atomic E-state index is -1.21. The Morgan fingerprint density at radius 3 is 2.47 bits per heavy atom. The zero-order valence-corrected chi connectivity index (χ0v) is 12.8. The van der Waals surface area contributed by atoms with Crippen LogP contribution in [0.1, 0.15) is 39.3 Å². The van der Waals surface area contributed by atoms with E-state index >= 15 is 0 Å². The molecule has 0 aliphatic rings. The van der Waals surface area contributed by atoms with Gasteiger partial charge in [0.1, 0.15) is 5.82 Å². The van der Waals surface area contributed by atoms with Gasteiger partial charge < -0.3 is 0 Å². The second-order valence-corrected chi connectivity index (χ2v) is 7.80. The van der Waals surface area contributed by atoms with Gasteiger partial charge in [-0.15, -0.1) is 0 Å². The molecule has 1 N–H and O–H groups in total. The van der Waals surface area contributed by atoms with Crippen molar-refractivity contribution in [1.29, 1.82) is 0 Å². The lowest BCUT2D eigenvalue weighted by molar-refractivity contribution is 0.571. The zero-order chi connectivity index (χ0) is 13.2. The summed E-state index contributed by atoms with van der Waals surface area (Å²) in [6.07, 6.45) is 0. The van der Waals surface area contributed by atoms with Crippen LogP contribution in [0, 0.1) is 5.82 Å². The number of halogens is 2. The summed E-state index contributed by atoms with van der Waals surface area (Å²) in [4.78, 5) is 0. The summed E-state index contributed by atoms with van der Waals surface area (Å²) >= 11 is 3.21. The first-order chi connectivity index (χ1) is 7.71. The van der Waals surface area contributed by atoms with E-state index in [2.05, 4.69) is 20.7 Å². The van der Waals surface area contributed by atoms with Crippen molar-refractivity contribution in [1.82, 2.24) is 4.72 Å². The largest absolute Gasteiger partial charge is 0.242 e. The third-order valence-corrected chi connectivity index (χ3v) is 4.44. The highest BCUT2D eigenvalue weighted by atomic mass is 79.9. The fraction of sp³-hybridized carbons (Fsp3) is 0.500. The third-order valence-electron chi connectivity index (χ3n) is 2.27. The van der Waals surface area contributed by atoms with Gasteiger partial charge in [-0.1, -0.05) is 22.0 Å². The normalized spacial score (nSPS) is 15.6. The summed E-state index contributed by atoms with van der Waals surface area (Å²) in [5.41, 5.74) is 0.519. The van der Waals surface area contributed by atoms with Gasteiger partial charge in [-0.2, -0.15) is 0 Å². The molecular formula is C12H17BrFNOS. The lowest BCUT2D eigenvalue weighted by Crippen LogP contribution is -2.35. The minimum Gasteiger partial charge on any atom is -0.242 e. The predicted octanol–water partition coefficient (Wildman–Crippen LogP) is 3.70. The maximum absolute atomic E-state index is 13.7. The Labute approximate surface area is 113 Å². The topological polar surface area (TPSA) is 29.1 Å². The van der Waals surface area contributed by atoms with Crippen molar-refractivity contribution in [3.63, 3.8) is 0 Å². The van der Waals surface area contributed by atoms with Crippen LogP contribution in [0.5, 0.6) is 0 Å². The van der Waals surface area contributed by atoms with Crippen LogP contribution >= 0.6 is 15.9 Å². The Bertz CT molecular complexity index is 431. The maximum atomic E-state index is 13.7. The molecule has 0 aromatic heterocycles. The number of rotatable bonds is 3. The van der Waals surface area contributed by atoms with E-state index in [1.165, 1.54) is 6.07 Å². The molecule has 1 aromatic rings. The molecular weight excluding hydrogens is 305 g/mol. The molecule has 0 saturated carbocycles. The molecule has 0 saturated heterocycles. The van der Waals surface area contributed by atoms with Crippen LogP contribution in [0.2, 0.25) is 0 Å². The first kappa shape index (κ1) is 14.8. The molecule has 96 valence electrons. The SMILES string of the molecule is C[C@@H](N[S@](=O)C(C)(C)C)c1ccc(Br)cc1F. The molecule has 2 nitrogen and oxygen atoms in total. The number of hydrogen-bond acceptors (Lipinski definition) is 1. The lowest BCUT2D eigenvalue weighted by atomic mass is 10.1. The highest BCUT2D eigenvalue weighted by Gasteiger charge is 2.22. The molecule has 1 aromatic carbocycles. The molecule has 0 amide bonds. The molecule has 0 radical (unpaired) electrons. The minimum absolute atomic E-state index is 0.289. The van der Waals surface area contributed by atoms with Gasteiger partial charge in [0.05, 0.1) is 15.7 Å². The third kappa shape index (κ3) is 4.16. The van der Waals surface area contributed by atoms with Crippen LogP contribution in [0.4, 0.5) is 4.39 Å². The zero-order valence-electron chi connectivity index (χ0n) is 10.4. The van der Waals surface area contributed by atoms with Crippen LogP contribution < -0.4 is 4.72 Å². The fourth-order valence-corrected chi connectivity index (χ4v) is 2.39. The van der Waals surface area contributed by atoms with Crippen molar-refractivity contribution in [2.75, 3.05) is 0 Å². The Morgan fingerprint density at radius 1 is 1.41 bits per heavy atom. The Balaban J connectivity index is 2.84. The van der Waals surface area contributed by atoms with Gasteiger partial charge in [0.25, 0.3) is 0 Å². The Kier molecular flexibility index (Phi) is 4.86. The molecule has 1 rings (SSSR count). The molecule has 0 fully saturated rings. The average molecular weight is 322 g/mol. The van der Waals surface area contributed by atoms with Crippen molar-refractivity contribution in [2.24, 2.45) is 0 Å². The molecule has 5 heteroatoms. The second kappa shape index (κ2) is 5.59. The van der Waals surface area contributed by atoms with Gasteiger partial charge in [0, 0.05) is 16.1 Å². The molecule has 0 aliphatic heterocycles. The van der Waals surface area contributed by atoms with E-state index in [-0.39, 0.29) is 16.6 Å². The van der Waals surface area contributed by atoms with Crippen LogP contribution in [0.3, 0.4) is 0 Å². The number of benzene rings is 1. The van der Waals surface area contributed by atoms with Crippen LogP contribution in [0.25, 0.3) is 0 Å². The van der Waals surface area contributed by atoms with Crippen molar-refractivity contribution in [3.8, 4) is 0 Å². The van der Waals surface area contributed by atoms with Gasteiger partial charge in [-0.25, -0.2) is 13.3 Å². The number of hydrogen-bond donors (Lipinski definition) is 1. The van der Waals surface area contributed by atoms with Gasteiger partial charge in [0.2, 0.25) is 0 Å². The van der Waals surface area contributed by atoms with Crippen LogP contribution in [-0.2, 0) is 11.0 Å². The summed E-state index contributed by atoms with van der Waals surface area (Å²) < 4.78 is 28.8. The standard InChI is InChI=1S/C12H17BrFNOS/c1-8(15-17(16)12(2,3)4)10-6-5-9(13)7-11(10)14/h5-8,15H,1-4H3/t8-,17-/m1/s1. The van der Waals surface area contributed by atoms with Gasteiger partial charge in [-0.3, -0.25) is 0 Å². The first-order valence-corrected chi connectivity index (χ1v) is 7.29. The van der Waals surface area contributed by atoms with Crippen molar-refractivity contribution < 1.29 is 8.60 Å². The highest BCUT2D eigenvalue weighted by Crippen LogP contribution is 2.22. The van der Waals surface area contributed by atoms with Crippen molar-refractivity contribution >= 4 is 26.9 Å². The van der Waals surface area contributed by atoms with Crippen molar-refractivity contribution in [3.05, 3.63) is 34.1 Å². The molecule has 0 aliphatic carbocycles. The summed E-state index contributed by atoms with van der Waals surface area (Å²) in [6.45, 7) is 7.43. The maximum Gasteiger partial charge on any atom is 0.129 e. The second-order valence-electron chi connectivity index (χ2n) is 4.89. The summed E-state index contributed by atoms with van der Waals surface area (Å²) in [5.74, 6) is -0.301. The highest BCUT2D eigenvalue weighted by molar-refractivity contribution is 9.10. The molecule has 0 bridgehead atoms. The quantitative estimate of drug-likeness (QED) is 0.903. The van der Waals surface area contributed by atoms with E-state index in [0.717, 1.165) is 0 Å². The van der Waals surface area contributed by atoms with E-state index in [0.29, 0.717) is 10.0 Å². The first-order valence-electron chi connectivity index (χ1n) is 5.35. The van der Waals surface area contributed by atoms with E-state index in [4.69, 9.17) is 0 Å². The predicted molar refractivity (Wildman–Crippen MR) is 73.5 cm³/mol. The summed E-state index contributed by atoms with van der Waals surface area (Å²) in [5, 5.41) is 0. The van der Waals surface area contributed by atoms with Crippen molar-refractivity contribution in [2.45, 2.75) is 38.5 Å². The van der Waals surface area contributed by atoms with E-state index in [1.807, 2.05) is 20.8 Å². The van der Waals surface area contributed by atoms with Gasteiger partial charge >= 0.3 is 0 Å². The monoisotopic (exact) mass is 321 g/mol. The van der Waals surface area contributed by atoms with E-state index in [9.17, 15) is 8.60 Å². The van der Waals surface area contributed by atoms with Gasteiger partial charge in [0.15, 0.2) is 0 Å². The number of nitrogens with one attached hydrogen (secondary N) is 1. The summed E-state index contributed by atoms with van der Waals surface area (Å²) in [7, 11) is -1.21. The van der Waals surface area contributed by atoms with E-state index < -0.39 is 11.0 Å². The molecule has 17 heavy (non-hydrogen) atoms. The van der Waals surface area contributed by atoms with Crippen LogP contribution in [-0.4, -0.2) is 8.96 Å². The fourth-order valence-electron chi connectivity index (χ4n) is 1.25. The summed E-state index contributed by atoms with van der Waals surface area (Å²) in [6, 6.07) is 4.59. The molecule has 2 atom stereocenters. The van der Waals surface area contributed by atoms with Gasteiger partial charge in [-0.05, 0) is 39.8 Å². The van der Waals surface area contributed by atoms with Crippen LogP contribution in [0.15, 0.2) is 22.7 Å². The molecule has 0 unspecified atom stereocenters.